The number of pyridine rings is 1. The lowest BCUT2D eigenvalue weighted by atomic mass is 10.2. The van der Waals surface area contributed by atoms with Gasteiger partial charge in [0.1, 0.15) is 5.82 Å². The molecule has 1 fully saturated rings. The maximum atomic E-state index is 12.0. The van der Waals surface area contributed by atoms with E-state index in [0.717, 1.165) is 32.0 Å². The zero-order chi connectivity index (χ0) is 13.0. The maximum absolute atomic E-state index is 12.0. The first-order valence-electron chi connectivity index (χ1n) is 6.34. The normalized spacial score (nSPS) is 17.7. The van der Waals surface area contributed by atoms with Crippen molar-refractivity contribution in [3.63, 3.8) is 0 Å². The maximum Gasteiger partial charge on any atom is 0.239 e. The number of aromatic nitrogens is 1. The Morgan fingerprint density at radius 3 is 2.61 bits per heavy atom. The molecule has 0 radical (unpaired) electrons. The van der Waals surface area contributed by atoms with Crippen LogP contribution in [0, 0.1) is 0 Å². The Hall–Kier alpha value is -1.62. The number of carbonyl (C=O) groups is 1. The summed E-state index contributed by atoms with van der Waals surface area (Å²) >= 11 is 0. The van der Waals surface area contributed by atoms with Crippen LogP contribution < -0.4 is 10.2 Å². The van der Waals surface area contributed by atoms with Crippen molar-refractivity contribution in [2.45, 2.75) is 13.0 Å². The van der Waals surface area contributed by atoms with E-state index in [1.165, 1.54) is 0 Å². The number of rotatable bonds is 3. The lowest BCUT2D eigenvalue weighted by molar-refractivity contribution is -0.133. The van der Waals surface area contributed by atoms with Crippen LogP contribution in [0.1, 0.15) is 6.92 Å². The largest absolute Gasteiger partial charge is 0.353 e. The Bertz CT molecular complexity index is 387. The van der Waals surface area contributed by atoms with Crippen LogP contribution in [0.15, 0.2) is 24.4 Å². The van der Waals surface area contributed by atoms with Gasteiger partial charge in [0.2, 0.25) is 5.91 Å². The molecule has 1 unspecified atom stereocenters. The molecule has 0 saturated carbocycles. The van der Waals surface area contributed by atoms with Crippen molar-refractivity contribution >= 4 is 11.7 Å². The number of nitrogens with one attached hydrogen (secondary N) is 1. The zero-order valence-electron chi connectivity index (χ0n) is 11.0. The van der Waals surface area contributed by atoms with Gasteiger partial charge >= 0.3 is 0 Å². The van der Waals surface area contributed by atoms with Gasteiger partial charge in [-0.15, -0.1) is 0 Å². The molecule has 18 heavy (non-hydrogen) atoms. The molecule has 0 aromatic carbocycles. The van der Waals surface area contributed by atoms with Gasteiger partial charge in [-0.1, -0.05) is 6.07 Å². The van der Waals surface area contributed by atoms with E-state index >= 15 is 0 Å². The Balaban J connectivity index is 1.90. The van der Waals surface area contributed by atoms with Crippen molar-refractivity contribution in [2.24, 2.45) is 0 Å². The molecule has 2 heterocycles. The molecule has 5 nitrogen and oxygen atoms in total. The van der Waals surface area contributed by atoms with Crippen LogP contribution in [0.3, 0.4) is 0 Å². The van der Waals surface area contributed by atoms with Crippen LogP contribution in [0.2, 0.25) is 0 Å². The fourth-order valence-electron chi connectivity index (χ4n) is 2.09. The third-order valence-corrected chi connectivity index (χ3v) is 3.37. The molecule has 1 aromatic heterocycles. The van der Waals surface area contributed by atoms with Crippen LogP contribution in [0.4, 0.5) is 5.82 Å². The smallest absolute Gasteiger partial charge is 0.239 e. The van der Waals surface area contributed by atoms with Gasteiger partial charge in [0.15, 0.2) is 0 Å². The van der Waals surface area contributed by atoms with Crippen molar-refractivity contribution in [1.82, 2.24) is 15.2 Å². The van der Waals surface area contributed by atoms with E-state index < -0.39 is 0 Å². The minimum atomic E-state index is -0.105. The highest BCUT2D eigenvalue weighted by Gasteiger charge is 2.24. The Morgan fingerprint density at radius 2 is 2.06 bits per heavy atom. The summed E-state index contributed by atoms with van der Waals surface area (Å²) in [4.78, 5) is 20.5. The summed E-state index contributed by atoms with van der Waals surface area (Å²) in [7, 11) is 1.81. The molecule has 1 aliphatic heterocycles. The fraction of sp³-hybridized carbons (Fsp3) is 0.538. The monoisotopic (exact) mass is 248 g/mol. The second-order valence-electron chi connectivity index (χ2n) is 4.51. The number of carbonyl (C=O) groups excluding carboxylic acids is 1. The summed E-state index contributed by atoms with van der Waals surface area (Å²) in [6.45, 7) is 5.12. The molecule has 1 saturated heterocycles. The molecule has 5 heteroatoms. The first-order valence-corrected chi connectivity index (χ1v) is 6.34. The van der Waals surface area contributed by atoms with Crippen molar-refractivity contribution in [3.05, 3.63) is 24.4 Å². The van der Waals surface area contributed by atoms with Gasteiger partial charge in [0.25, 0.3) is 0 Å². The molecule has 1 atom stereocenters. The standard InChI is InChI=1S/C13H20N4O/c1-11(14-2)13(18)17-9-7-16(8-10-17)12-5-3-4-6-15-12/h3-6,11,14H,7-10H2,1-2H3. The third-order valence-electron chi connectivity index (χ3n) is 3.37. The molecule has 0 bridgehead atoms. The number of hydrogen-bond donors (Lipinski definition) is 1. The zero-order valence-corrected chi connectivity index (χ0v) is 11.0. The van der Waals surface area contributed by atoms with Crippen LogP contribution in [-0.4, -0.2) is 55.1 Å². The van der Waals surface area contributed by atoms with E-state index in [2.05, 4.69) is 15.2 Å². The van der Waals surface area contributed by atoms with Gasteiger partial charge in [-0.25, -0.2) is 4.98 Å². The predicted octanol–water partition coefficient (Wildman–Crippen LogP) is 0.338. The van der Waals surface area contributed by atoms with E-state index in [1.54, 1.807) is 6.20 Å². The molecule has 1 N–H and O–H groups in total. The molecular weight excluding hydrogens is 228 g/mol. The Morgan fingerprint density at radius 1 is 1.33 bits per heavy atom. The molecule has 0 aliphatic carbocycles. The van der Waals surface area contributed by atoms with Gasteiger partial charge < -0.3 is 15.1 Å². The summed E-state index contributed by atoms with van der Waals surface area (Å²) in [5.41, 5.74) is 0. The van der Waals surface area contributed by atoms with E-state index in [0.29, 0.717) is 0 Å². The van der Waals surface area contributed by atoms with Crippen molar-refractivity contribution in [2.75, 3.05) is 38.1 Å². The topological polar surface area (TPSA) is 48.5 Å². The van der Waals surface area contributed by atoms with Gasteiger partial charge in [-0.3, -0.25) is 4.79 Å². The fourth-order valence-corrected chi connectivity index (χ4v) is 2.09. The molecule has 1 aliphatic rings. The third kappa shape index (κ3) is 2.79. The van der Waals surface area contributed by atoms with Crippen molar-refractivity contribution in [1.29, 1.82) is 0 Å². The first kappa shape index (κ1) is 12.8. The molecule has 1 aromatic rings. The Kier molecular flexibility index (Phi) is 4.15. The first-order chi connectivity index (χ1) is 8.72. The van der Waals surface area contributed by atoms with E-state index in [-0.39, 0.29) is 11.9 Å². The molecule has 2 rings (SSSR count). The molecular formula is C13H20N4O. The van der Waals surface area contributed by atoms with Crippen LogP contribution in [0.5, 0.6) is 0 Å². The second-order valence-corrected chi connectivity index (χ2v) is 4.51. The SMILES string of the molecule is CNC(C)C(=O)N1CCN(c2ccccn2)CC1. The summed E-state index contributed by atoms with van der Waals surface area (Å²) in [5.74, 6) is 1.17. The number of hydrogen-bond acceptors (Lipinski definition) is 4. The lowest BCUT2D eigenvalue weighted by Gasteiger charge is -2.36. The van der Waals surface area contributed by atoms with Crippen LogP contribution >= 0.6 is 0 Å². The quantitative estimate of drug-likeness (QED) is 0.838. The number of amides is 1. The number of nitrogens with zero attached hydrogens (tertiary/aromatic N) is 3. The van der Waals surface area contributed by atoms with Gasteiger partial charge in [-0.2, -0.15) is 0 Å². The summed E-state index contributed by atoms with van der Waals surface area (Å²) < 4.78 is 0. The summed E-state index contributed by atoms with van der Waals surface area (Å²) in [6.07, 6.45) is 1.80. The molecule has 98 valence electrons. The summed E-state index contributed by atoms with van der Waals surface area (Å²) in [5, 5.41) is 2.99. The minimum absolute atomic E-state index is 0.105. The van der Waals surface area contributed by atoms with Gasteiger partial charge in [0, 0.05) is 32.4 Å². The lowest BCUT2D eigenvalue weighted by Crippen LogP contribution is -2.53. The second kappa shape index (κ2) is 5.82. The highest BCUT2D eigenvalue weighted by atomic mass is 16.2. The van der Waals surface area contributed by atoms with Gasteiger partial charge in [-0.05, 0) is 26.1 Å². The number of likely N-dealkylation sites (N-methyl/N-ethyl adjacent to an activating group) is 1. The van der Waals surface area contributed by atoms with E-state index in [4.69, 9.17) is 0 Å². The summed E-state index contributed by atoms with van der Waals surface area (Å²) in [6, 6.07) is 5.81. The number of piperazine rings is 1. The molecule has 1 amide bonds. The van der Waals surface area contributed by atoms with Crippen molar-refractivity contribution < 1.29 is 4.79 Å². The van der Waals surface area contributed by atoms with Crippen LogP contribution in [-0.2, 0) is 4.79 Å². The van der Waals surface area contributed by atoms with Crippen molar-refractivity contribution in [3.8, 4) is 0 Å². The highest BCUT2D eigenvalue weighted by Crippen LogP contribution is 2.12. The average molecular weight is 248 g/mol. The average Bonchev–Trinajstić information content (AvgIpc) is 2.47. The van der Waals surface area contributed by atoms with Gasteiger partial charge in [0.05, 0.1) is 6.04 Å². The minimum Gasteiger partial charge on any atom is -0.353 e. The van der Waals surface area contributed by atoms with E-state index in [9.17, 15) is 4.79 Å². The molecule has 0 spiro atoms. The van der Waals surface area contributed by atoms with E-state index in [1.807, 2.05) is 37.1 Å². The predicted molar refractivity (Wildman–Crippen MR) is 71.6 cm³/mol. The number of anilines is 1. The Labute approximate surface area is 108 Å². The van der Waals surface area contributed by atoms with Crippen LogP contribution in [0.25, 0.3) is 0 Å². The highest BCUT2D eigenvalue weighted by molar-refractivity contribution is 5.81.